The van der Waals surface area contributed by atoms with Crippen LogP contribution >= 0.6 is 0 Å². The quantitative estimate of drug-likeness (QED) is 0.688. The van der Waals surface area contributed by atoms with E-state index in [0.29, 0.717) is 0 Å². The molecule has 0 aromatic carbocycles. The molecule has 12 heavy (non-hydrogen) atoms. The number of hydrogen-bond donors (Lipinski definition) is 2. The highest BCUT2D eigenvalue weighted by atomic mass is 16.1. The molecule has 0 fully saturated rings. The SMILES string of the molecule is CC(=O)NC(C)c1cc(C)[nH]n1. The van der Waals surface area contributed by atoms with Gasteiger partial charge in [-0.1, -0.05) is 0 Å². The summed E-state index contributed by atoms with van der Waals surface area (Å²) in [6.45, 7) is 5.32. The fourth-order valence-electron chi connectivity index (χ4n) is 1.04. The smallest absolute Gasteiger partial charge is 0.217 e. The third-order valence-corrected chi connectivity index (χ3v) is 1.59. The highest BCUT2D eigenvalue weighted by Gasteiger charge is 2.08. The Morgan fingerprint density at radius 2 is 2.42 bits per heavy atom. The molecule has 1 aromatic rings. The average molecular weight is 167 g/mol. The molecule has 0 aliphatic rings. The largest absolute Gasteiger partial charge is 0.348 e. The Morgan fingerprint density at radius 1 is 1.75 bits per heavy atom. The topological polar surface area (TPSA) is 57.8 Å². The Kier molecular flexibility index (Phi) is 2.47. The van der Waals surface area contributed by atoms with Gasteiger partial charge in [-0.15, -0.1) is 0 Å². The summed E-state index contributed by atoms with van der Waals surface area (Å²) in [5.74, 6) is -0.0387. The van der Waals surface area contributed by atoms with Gasteiger partial charge in [0.15, 0.2) is 0 Å². The summed E-state index contributed by atoms with van der Waals surface area (Å²) in [4.78, 5) is 10.7. The summed E-state index contributed by atoms with van der Waals surface area (Å²) in [5.41, 5.74) is 1.87. The predicted octanol–water partition coefficient (Wildman–Crippen LogP) is 0.915. The average Bonchev–Trinajstić information content (AvgIpc) is 2.34. The van der Waals surface area contributed by atoms with E-state index in [1.807, 2.05) is 19.9 Å². The van der Waals surface area contributed by atoms with Crippen LogP contribution in [0.15, 0.2) is 6.07 Å². The minimum Gasteiger partial charge on any atom is -0.348 e. The molecule has 4 heteroatoms. The molecule has 4 nitrogen and oxygen atoms in total. The summed E-state index contributed by atoms with van der Waals surface area (Å²) in [5, 5.41) is 9.60. The number of aromatic amines is 1. The van der Waals surface area contributed by atoms with Crippen LogP contribution in [-0.4, -0.2) is 16.1 Å². The van der Waals surface area contributed by atoms with Crippen molar-refractivity contribution >= 4 is 5.91 Å². The zero-order chi connectivity index (χ0) is 9.14. The Labute approximate surface area is 71.4 Å². The van der Waals surface area contributed by atoms with Gasteiger partial charge in [-0.25, -0.2) is 0 Å². The highest BCUT2D eigenvalue weighted by Crippen LogP contribution is 2.08. The van der Waals surface area contributed by atoms with E-state index in [1.54, 1.807) is 0 Å². The number of nitrogens with zero attached hydrogens (tertiary/aromatic N) is 1. The van der Waals surface area contributed by atoms with Crippen molar-refractivity contribution in [1.82, 2.24) is 15.5 Å². The molecular weight excluding hydrogens is 154 g/mol. The fourth-order valence-corrected chi connectivity index (χ4v) is 1.04. The number of aryl methyl sites for hydroxylation is 1. The summed E-state index contributed by atoms with van der Waals surface area (Å²) < 4.78 is 0. The monoisotopic (exact) mass is 167 g/mol. The molecule has 1 atom stereocenters. The van der Waals surface area contributed by atoms with Crippen molar-refractivity contribution < 1.29 is 4.79 Å². The van der Waals surface area contributed by atoms with E-state index in [0.717, 1.165) is 11.4 Å². The third kappa shape index (κ3) is 2.08. The molecule has 0 spiro atoms. The van der Waals surface area contributed by atoms with Gasteiger partial charge in [-0.3, -0.25) is 9.89 Å². The van der Waals surface area contributed by atoms with E-state index >= 15 is 0 Å². The highest BCUT2D eigenvalue weighted by molar-refractivity contribution is 5.73. The van der Waals surface area contributed by atoms with Gasteiger partial charge in [0.2, 0.25) is 5.91 Å². The van der Waals surface area contributed by atoms with Crippen LogP contribution in [0.4, 0.5) is 0 Å². The van der Waals surface area contributed by atoms with Crippen molar-refractivity contribution in [2.75, 3.05) is 0 Å². The Balaban J connectivity index is 2.64. The van der Waals surface area contributed by atoms with Crippen molar-refractivity contribution in [2.45, 2.75) is 26.8 Å². The van der Waals surface area contributed by atoms with Gasteiger partial charge in [-0.05, 0) is 19.9 Å². The van der Waals surface area contributed by atoms with E-state index in [-0.39, 0.29) is 11.9 Å². The number of rotatable bonds is 2. The molecule has 0 radical (unpaired) electrons. The van der Waals surface area contributed by atoms with Crippen molar-refractivity contribution in [1.29, 1.82) is 0 Å². The standard InChI is InChI=1S/C8H13N3O/c1-5-4-8(11-10-5)6(2)9-7(3)12/h4,6H,1-3H3,(H,9,12)(H,10,11). The Morgan fingerprint density at radius 3 is 2.83 bits per heavy atom. The second kappa shape index (κ2) is 3.38. The second-order valence-corrected chi connectivity index (χ2v) is 2.90. The normalized spacial score (nSPS) is 12.6. The molecule has 0 saturated heterocycles. The maximum atomic E-state index is 10.7. The first-order chi connectivity index (χ1) is 5.59. The molecular formula is C8H13N3O. The molecule has 1 aromatic heterocycles. The predicted molar refractivity (Wildman–Crippen MR) is 45.6 cm³/mol. The van der Waals surface area contributed by atoms with Crippen molar-refractivity contribution in [3.63, 3.8) is 0 Å². The molecule has 1 amide bonds. The fraction of sp³-hybridized carbons (Fsp3) is 0.500. The van der Waals surface area contributed by atoms with Gasteiger partial charge < -0.3 is 5.32 Å². The first-order valence-corrected chi connectivity index (χ1v) is 3.88. The van der Waals surface area contributed by atoms with Crippen molar-refractivity contribution in [2.24, 2.45) is 0 Å². The van der Waals surface area contributed by atoms with Crippen LogP contribution in [-0.2, 0) is 4.79 Å². The van der Waals surface area contributed by atoms with Crippen molar-refractivity contribution in [3.05, 3.63) is 17.5 Å². The zero-order valence-corrected chi connectivity index (χ0v) is 7.51. The lowest BCUT2D eigenvalue weighted by Crippen LogP contribution is -2.23. The molecule has 66 valence electrons. The van der Waals surface area contributed by atoms with E-state index in [1.165, 1.54) is 6.92 Å². The number of H-pyrrole nitrogens is 1. The van der Waals surface area contributed by atoms with E-state index in [4.69, 9.17) is 0 Å². The first-order valence-electron chi connectivity index (χ1n) is 3.88. The number of aromatic nitrogens is 2. The van der Waals surface area contributed by atoms with E-state index in [2.05, 4.69) is 15.5 Å². The van der Waals surface area contributed by atoms with Gasteiger partial charge in [0.25, 0.3) is 0 Å². The number of nitrogens with one attached hydrogen (secondary N) is 2. The van der Waals surface area contributed by atoms with Gasteiger partial charge in [0, 0.05) is 12.6 Å². The molecule has 0 saturated carbocycles. The van der Waals surface area contributed by atoms with Gasteiger partial charge in [-0.2, -0.15) is 5.10 Å². The van der Waals surface area contributed by atoms with Crippen LogP contribution < -0.4 is 5.32 Å². The molecule has 0 aliphatic heterocycles. The summed E-state index contributed by atoms with van der Waals surface area (Å²) >= 11 is 0. The van der Waals surface area contributed by atoms with Gasteiger partial charge >= 0.3 is 0 Å². The number of carbonyl (C=O) groups excluding carboxylic acids is 1. The van der Waals surface area contributed by atoms with Crippen LogP contribution in [0, 0.1) is 6.92 Å². The lowest BCUT2D eigenvalue weighted by Gasteiger charge is -2.07. The Bertz CT molecular complexity index is 280. The first kappa shape index (κ1) is 8.77. The van der Waals surface area contributed by atoms with Crippen LogP contribution in [0.25, 0.3) is 0 Å². The maximum absolute atomic E-state index is 10.7. The molecule has 2 N–H and O–H groups in total. The summed E-state index contributed by atoms with van der Waals surface area (Å²) in [6.07, 6.45) is 0. The zero-order valence-electron chi connectivity index (χ0n) is 7.51. The third-order valence-electron chi connectivity index (χ3n) is 1.59. The van der Waals surface area contributed by atoms with Gasteiger partial charge in [0.05, 0.1) is 11.7 Å². The van der Waals surface area contributed by atoms with Crippen LogP contribution in [0.1, 0.15) is 31.3 Å². The number of amides is 1. The minimum absolute atomic E-state index is 0.0209. The van der Waals surface area contributed by atoms with E-state index < -0.39 is 0 Å². The summed E-state index contributed by atoms with van der Waals surface area (Å²) in [7, 11) is 0. The van der Waals surface area contributed by atoms with E-state index in [9.17, 15) is 4.79 Å². The van der Waals surface area contributed by atoms with Crippen molar-refractivity contribution in [3.8, 4) is 0 Å². The second-order valence-electron chi connectivity index (χ2n) is 2.90. The molecule has 1 rings (SSSR count). The van der Waals surface area contributed by atoms with Crippen LogP contribution in [0.3, 0.4) is 0 Å². The Hall–Kier alpha value is -1.32. The molecule has 1 unspecified atom stereocenters. The van der Waals surface area contributed by atoms with Crippen LogP contribution in [0.2, 0.25) is 0 Å². The number of carbonyl (C=O) groups is 1. The molecule has 1 heterocycles. The minimum atomic E-state index is -0.0387. The lowest BCUT2D eigenvalue weighted by atomic mass is 10.2. The lowest BCUT2D eigenvalue weighted by molar-refractivity contribution is -0.119. The molecule has 0 aliphatic carbocycles. The van der Waals surface area contributed by atoms with Gasteiger partial charge in [0.1, 0.15) is 0 Å². The maximum Gasteiger partial charge on any atom is 0.217 e. The van der Waals surface area contributed by atoms with Crippen LogP contribution in [0.5, 0.6) is 0 Å². The molecule has 0 bridgehead atoms. The summed E-state index contributed by atoms with van der Waals surface area (Å²) in [6, 6.07) is 1.90. The number of hydrogen-bond acceptors (Lipinski definition) is 2.